The third-order valence-electron chi connectivity index (χ3n) is 8.40. The van der Waals surface area contributed by atoms with E-state index in [0.717, 1.165) is 35.1 Å². The van der Waals surface area contributed by atoms with Crippen LogP contribution in [0.3, 0.4) is 0 Å². The van der Waals surface area contributed by atoms with Gasteiger partial charge >= 0.3 is 0 Å². The second kappa shape index (κ2) is 13.8. The first-order chi connectivity index (χ1) is 21.6. The number of benzene rings is 2. The third kappa shape index (κ3) is 6.15. The van der Waals surface area contributed by atoms with Crippen molar-refractivity contribution in [3.63, 3.8) is 0 Å². The fourth-order valence-corrected chi connectivity index (χ4v) is 7.12. The van der Waals surface area contributed by atoms with Gasteiger partial charge in [-0.2, -0.15) is 0 Å². The van der Waals surface area contributed by atoms with Crippen molar-refractivity contribution in [2.24, 2.45) is 0 Å². The summed E-state index contributed by atoms with van der Waals surface area (Å²) in [5, 5.41) is 0. The first-order valence-corrected chi connectivity index (χ1v) is 15.4. The van der Waals surface area contributed by atoms with Gasteiger partial charge < -0.3 is 28.4 Å². The number of ether oxygens (including phenoxy) is 6. The fraction of sp³-hybridized carbons (Fsp3) is 0.385. The van der Waals surface area contributed by atoms with Gasteiger partial charge in [0, 0.05) is 16.5 Å². The zero-order chi connectivity index (χ0) is 32.8. The molecule has 0 amide bonds. The van der Waals surface area contributed by atoms with Gasteiger partial charge in [0.05, 0.1) is 0 Å². The van der Waals surface area contributed by atoms with Crippen molar-refractivity contribution in [2.75, 3.05) is 39.6 Å². The summed E-state index contributed by atoms with van der Waals surface area (Å²) in [6.45, 7) is 34.2. The molecule has 6 heteroatoms. The predicted molar refractivity (Wildman–Crippen MR) is 183 cm³/mol. The molecule has 0 saturated heterocycles. The molecule has 0 fully saturated rings. The van der Waals surface area contributed by atoms with Crippen LogP contribution in [-0.4, -0.2) is 39.6 Å². The van der Waals surface area contributed by atoms with Crippen molar-refractivity contribution in [3.05, 3.63) is 110 Å². The number of hydrogen-bond donors (Lipinski definition) is 0. The molecule has 0 N–H and O–H groups in total. The van der Waals surface area contributed by atoms with E-state index in [1.54, 1.807) is 36.5 Å². The summed E-state index contributed by atoms with van der Waals surface area (Å²) >= 11 is 0. The lowest BCUT2D eigenvalue weighted by Gasteiger charge is -2.33. The SMILES string of the molecule is C=CCOc1cc2c(c(OCC=C)c1OCC=C)C1(CC2(C)C)CC(C)(C)c2cc(OCC=C)c(OCC=C)c(OCC=C)c21. The summed E-state index contributed by atoms with van der Waals surface area (Å²) in [7, 11) is 0. The Hall–Kier alpha value is -4.32. The Kier molecular flexibility index (Phi) is 10.3. The zero-order valence-electron chi connectivity index (χ0n) is 27.5. The summed E-state index contributed by atoms with van der Waals surface area (Å²) in [5.41, 5.74) is 3.32. The maximum Gasteiger partial charge on any atom is 0.204 e. The van der Waals surface area contributed by atoms with Crippen molar-refractivity contribution in [1.29, 1.82) is 0 Å². The molecule has 6 nitrogen and oxygen atoms in total. The van der Waals surface area contributed by atoms with Crippen LogP contribution in [0, 0.1) is 0 Å². The second-order valence-electron chi connectivity index (χ2n) is 12.7. The minimum Gasteiger partial charge on any atom is -0.485 e. The smallest absolute Gasteiger partial charge is 0.204 e. The van der Waals surface area contributed by atoms with Gasteiger partial charge in [0.2, 0.25) is 11.5 Å². The lowest BCUT2D eigenvalue weighted by molar-refractivity contribution is 0.268. The highest BCUT2D eigenvalue weighted by atomic mass is 16.5. The predicted octanol–water partition coefficient (Wildman–Crippen LogP) is 8.72. The summed E-state index contributed by atoms with van der Waals surface area (Å²) in [5.74, 6) is 3.54. The summed E-state index contributed by atoms with van der Waals surface area (Å²) in [6.07, 6.45) is 11.9. The first kappa shape index (κ1) is 33.6. The van der Waals surface area contributed by atoms with Gasteiger partial charge in [0.25, 0.3) is 0 Å². The minimum absolute atomic E-state index is 0.265. The van der Waals surface area contributed by atoms with Crippen molar-refractivity contribution in [2.45, 2.75) is 56.8 Å². The standard InChI is InChI=1S/C39H48O6/c1-11-17-40-29-23-27-31(35(44-21-15-5)33(29)42-19-13-3)39(25-37(27,7)8)26-38(9,10)28-24-30(41-18-12-2)34(43-20-14-4)36(32(28)39)45-22-16-6/h11-16,23-24H,1-6,17-22,25-26H2,7-10H3. The normalized spacial score (nSPS) is 16.1. The van der Waals surface area contributed by atoms with E-state index in [0.29, 0.717) is 47.7 Å². The molecule has 2 aliphatic carbocycles. The van der Waals surface area contributed by atoms with Gasteiger partial charge in [-0.3, -0.25) is 0 Å². The van der Waals surface area contributed by atoms with E-state index >= 15 is 0 Å². The van der Waals surface area contributed by atoms with Crippen LogP contribution in [0.15, 0.2) is 88.1 Å². The minimum atomic E-state index is -0.531. The first-order valence-electron chi connectivity index (χ1n) is 15.4. The van der Waals surface area contributed by atoms with Crippen LogP contribution in [-0.2, 0) is 16.2 Å². The molecule has 0 aliphatic heterocycles. The average Bonchev–Trinajstić information content (AvgIpc) is 3.37. The molecular weight excluding hydrogens is 564 g/mol. The number of fused-ring (bicyclic) bond motifs is 4. The molecular formula is C39H48O6. The molecule has 2 aromatic rings. The Morgan fingerprint density at radius 2 is 0.778 bits per heavy atom. The quantitative estimate of drug-likeness (QED) is 0.157. The van der Waals surface area contributed by atoms with Crippen LogP contribution < -0.4 is 28.4 Å². The average molecular weight is 613 g/mol. The largest absolute Gasteiger partial charge is 0.485 e. The Balaban J connectivity index is 2.17. The Bertz CT molecular complexity index is 1370. The molecule has 2 aromatic carbocycles. The Labute approximate surface area is 269 Å². The highest BCUT2D eigenvalue weighted by Gasteiger charge is 2.60. The van der Waals surface area contributed by atoms with Crippen LogP contribution in [0.1, 0.15) is 62.8 Å². The maximum absolute atomic E-state index is 6.58. The molecule has 0 unspecified atom stereocenters. The molecule has 0 heterocycles. The molecule has 1 spiro atoms. The molecule has 0 radical (unpaired) electrons. The Morgan fingerprint density at radius 1 is 0.489 bits per heavy atom. The highest BCUT2D eigenvalue weighted by molar-refractivity contribution is 5.75. The van der Waals surface area contributed by atoms with E-state index in [1.807, 2.05) is 0 Å². The Morgan fingerprint density at radius 3 is 1.09 bits per heavy atom. The van der Waals surface area contributed by atoms with Gasteiger partial charge in [-0.25, -0.2) is 0 Å². The topological polar surface area (TPSA) is 55.4 Å². The summed E-state index contributed by atoms with van der Waals surface area (Å²) in [4.78, 5) is 0. The fourth-order valence-electron chi connectivity index (χ4n) is 7.12. The van der Waals surface area contributed by atoms with Crippen LogP contribution in [0.2, 0.25) is 0 Å². The van der Waals surface area contributed by atoms with Gasteiger partial charge in [-0.15, -0.1) is 0 Å². The lowest BCUT2D eigenvalue weighted by Crippen LogP contribution is -2.28. The van der Waals surface area contributed by atoms with E-state index < -0.39 is 5.41 Å². The molecule has 4 rings (SSSR count). The van der Waals surface area contributed by atoms with Gasteiger partial charge in [0.15, 0.2) is 23.0 Å². The zero-order valence-corrected chi connectivity index (χ0v) is 27.5. The van der Waals surface area contributed by atoms with Crippen LogP contribution in [0.5, 0.6) is 34.5 Å². The molecule has 0 atom stereocenters. The molecule has 0 aromatic heterocycles. The van der Waals surface area contributed by atoms with Crippen LogP contribution >= 0.6 is 0 Å². The van der Waals surface area contributed by atoms with E-state index in [-0.39, 0.29) is 37.3 Å². The van der Waals surface area contributed by atoms with Crippen LogP contribution in [0.25, 0.3) is 0 Å². The molecule has 45 heavy (non-hydrogen) atoms. The summed E-state index contributed by atoms with van der Waals surface area (Å²) < 4.78 is 38.2. The van der Waals surface area contributed by atoms with Gasteiger partial charge in [-0.05, 0) is 46.9 Å². The van der Waals surface area contributed by atoms with E-state index in [1.165, 1.54) is 0 Å². The number of hydrogen-bond acceptors (Lipinski definition) is 6. The van der Waals surface area contributed by atoms with Crippen LogP contribution in [0.4, 0.5) is 0 Å². The molecule has 0 bridgehead atoms. The van der Waals surface area contributed by atoms with Crippen molar-refractivity contribution in [3.8, 4) is 34.5 Å². The van der Waals surface area contributed by atoms with Crippen molar-refractivity contribution >= 4 is 0 Å². The summed E-state index contributed by atoms with van der Waals surface area (Å²) in [6, 6.07) is 4.22. The van der Waals surface area contributed by atoms with E-state index in [4.69, 9.17) is 28.4 Å². The van der Waals surface area contributed by atoms with Crippen molar-refractivity contribution in [1.82, 2.24) is 0 Å². The van der Waals surface area contributed by atoms with E-state index in [2.05, 4.69) is 79.3 Å². The molecule has 2 aliphatic rings. The van der Waals surface area contributed by atoms with Gasteiger partial charge in [-0.1, -0.05) is 104 Å². The van der Waals surface area contributed by atoms with Crippen molar-refractivity contribution < 1.29 is 28.4 Å². The highest BCUT2D eigenvalue weighted by Crippen LogP contribution is 2.69. The molecule has 240 valence electrons. The third-order valence-corrected chi connectivity index (χ3v) is 8.40. The van der Waals surface area contributed by atoms with Gasteiger partial charge in [0.1, 0.15) is 39.6 Å². The lowest BCUT2D eigenvalue weighted by atomic mass is 9.72. The number of rotatable bonds is 18. The maximum atomic E-state index is 6.58. The van der Waals surface area contributed by atoms with E-state index in [9.17, 15) is 0 Å². The monoisotopic (exact) mass is 612 g/mol. The molecule has 0 saturated carbocycles. The second-order valence-corrected chi connectivity index (χ2v) is 12.7.